The summed E-state index contributed by atoms with van der Waals surface area (Å²) in [5.41, 5.74) is -0.149. The summed E-state index contributed by atoms with van der Waals surface area (Å²) >= 11 is 0. The molecular weight excluding hydrogens is 210 g/mol. The molecule has 3 atom stereocenters. The Morgan fingerprint density at radius 1 is 1.41 bits per heavy atom. The SMILES string of the molecule is CCCC(C)(C=O)CN(C)C1CCCC(C)C1. The number of rotatable bonds is 6. The first kappa shape index (κ1) is 14.7. The van der Waals surface area contributed by atoms with Crippen molar-refractivity contribution in [1.82, 2.24) is 4.90 Å². The second kappa shape index (κ2) is 6.53. The minimum atomic E-state index is -0.149. The third-order valence-corrected chi connectivity index (χ3v) is 4.25. The van der Waals surface area contributed by atoms with Gasteiger partial charge >= 0.3 is 0 Å². The summed E-state index contributed by atoms with van der Waals surface area (Å²) in [5, 5.41) is 0. The van der Waals surface area contributed by atoms with Gasteiger partial charge in [-0.3, -0.25) is 0 Å². The van der Waals surface area contributed by atoms with Crippen LogP contribution in [0.1, 0.15) is 59.3 Å². The van der Waals surface area contributed by atoms with Gasteiger partial charge in [-0.1, -0.05) is 40.0 Å². The molecule has 1 aliphatic carbocycles. The molecule has 1 rings (SSSR count). The molecule has 0 aromatic rings. The third kappa shape index (κ3) is 4.42. The van der Waals surface area contributed by atoms with Crippen molar-refractivity contribution in [3.8, 4) is 0 Å². The maximum Gasteiger partial charge on any atom is 0.127 e. The second-order valence-electron chi connectivity index (χ2n) is 6.36. The van der Waals surface area contributed by atoms with E-state index in [1.165, 1.54) is 32.0 Å². The van der Waals surface area contributed by atoms with E-state index < -0.39 is 0 Å². The fourth-order valence-corrected chi connectivity index (χ4v) is 3.25. The van der Waals surface area contributed by atoms with E-state index in [1.807, 2.05) is 0 Å². The van der Waals surface area contributed by atoms with Crippen LogP contribution in [0.5, 0.6) is 0 Å². The number of hydrogen-bond donors (Lipinski definition) is 0. The lowest BCUT2D eigenvalue weighted by atomic mass is 9.83. The van der Waals surface area contributed by atoms with E-state index in [1.54, 1.807) is 0 Å². The zero-order valence-electron chi connectivity index (χ0n) is 12.0. The summed E-state index contributed by atoms with van der Waals surface area (Å²) in [6, 6.07) is 0.690. The molecule has 1 aliphatic rings. The Bertz CT molecular complexity index is 241. The molecule has 3 unspecified atom stereocenters. The molecule has 0 amide bonds. The number of carbonyl (C=O) groups excluding carboxylic acids is 1. The standard InChI is InChI=1S/C15H29NO/c1-5-9-15(3,12-17)11-16(4)14-8-6-7-13(2)10-14/h12-14H,5-11H2,1-4H3. The van der Waals surface area contributed by atoms with Gasteiger partial charge in [-0.15, -0.1) is 0 Å². The van der Waals surface area contributed by atoms with Crippen LogP contribution in [0.15, 0.2) is 0 Å². The van der Waals surface area contributed by atoms with E-state index in [9.17, 15) is 4.79 Å². The Morgan fingerprint density at radius 3 is 2.65 bits per heavy atom. The van der Waals surface area contributed by atoms with Gasteiger partial charge in [0.1, 0.15) is 6.29 Å². The molecule has 0 aliphatic heterocycles. The molecular formula is C15H29NO. The summed E-state index contributed by atoms with van der Waals surface area (Å²) in [6.45, 7) is 7.53. The van der Waals surface area contributed by atoms with Crippen LogP contribution in [0.3, 0.4) is 0 Å². The average molecular weight is 239 g/mol. The summed E-state index contributed by atoms with van der Waals surface area (Å²) in [4.78, 5) is 13.7. The van der Waals surface area contributed by atoms with Crippen LogP contribution in [0.2, 0.25) is 0 Å². The highest BCUT2D eigenvalue weighted by Crippen LogP contribution is 2.29. The predicted octanol–water partition coefficient (Wildman–Crippen LogP) is 3.50. The van der Waals surface area contributed by atoms with Gasteiger partial charge in [-0.05, 0) is 32.2 Å². The summed E-state index contributed by atoms with van der Waals surface area (Å²) in [6.07, 6.45) is 8.60. The van der Waals surface area contributed by atoms with Gasteiger partial charge in [-0.25, -0.2) is 0 Å². The first-order valence-electron chi connectivity index (χ1n) is 7.17. The van der Waals surface area contributed by atoms with Crippen molar-refractivity contribution in [2.75, 3.05) is 13.6 Å². The van der Waals surface area contributed by atoms with Crippen LogP contribution in [-0.4, -0.2) is 30.8 Å². The van der Waals surface area contributed by atoms with Crippen LogP contribution in [0.25, 0.3) is 0 Å². The first-order valence-corrected chi connectivity index (χ1v) is 7.17. The maximum absolute atomic E-state index is 11.3. The van der Waals surface area contributed by atoms with Crippen LogP contribution in [0.4, 0.5) is 0 Å². The Kier molecular flexibility index (Phi) is 5.64. The minimum absolute atomic E-state index is 0.149. The Labute approximate surface area is 107 Å². The van der Waals surface area contributed by atoms with Crippen molar-refractivity contribution in [3.63, 3.8) is 0 Å². The van der Waals surface area contributed by atoms with Gasteiger partial charge < -0.3 is 9.69 Å². The monoisotopic (exact) mass is 239 g/mol. The van der Waals surface area contributed by atoms with Crippen LogP contribution < -0.4 is 0 Å². The van der Waals surface area contributed by atoms with Crippen molar-refractivity contribution in [2.24, 2.45) is 11.3 Å². The zero-order valence-corrected chi connectivity index (χ0v) is 12.0. The molecule has 0 N–H and O–H groups in total. The lowest BCUT2D eigenvalue weighted by Crippen LogP contribution is -2.42. The van der Waals surface area contributed by atoms with E-state index in [2.05, 4.69) is 32.7 Å². The van der Waals surface area contributed by atoms with Crippen molar-refractivity contribution in [1.29, 1.82) is 0 Å². The number of carbonyl (C=O) groups is 1. The highest BCUT2D eigenvalue weighted by Gasteiger charge is 2.29. The molecule has 0 heterocycles. The lowest BCUT2D eigenvalue weighted by molar-refractivity contribution is -0.117. The highest BCUT2D eigenvalue weighted by molar-refractivity contribution is 5.59. The van der Waals surface area contributed by atoms with Crippen molar-refractivity contribution in [3.05, 3.63) is 0 Å². The largest absolute Gasteiger partial charge is 0.303 e. The van der Waals surface area contributed by atoms with Crippen molar-refractivity contribution in [2.45, 2.75) is 65.3 Å². The molecule has 0 bridgehead atoms. The molecule has 0 spiro atoms. The summed E-state index contributed by atoms with van der Waals surface area (Å²) < 4.78 is 0. The average Bonchev–Trinajstić information content (AvgIpc) is 2.29. The number of aldehydes is 1. The number of hydrogen-bond acceptors (Lipinski definition) is 2. The topological polar surface area (TPSA) is 20.3 Å². The van der Waals surface area contributed by atoms with E-state index in [-0.39, 0.29) is 5.41 Å². The quantitative estimate of drug-likeness (QED) is 0.661. The van der Waals surface area contributed by atoms with Crippen LogP contribution in [-0.2, 0) is 4.79 Å². The van der Waals surface area contributed by atoms with Gasteiger partial charge in [0.25, 0.3) is 0 Å². The molecule has 1 fully saturated rings. The fraction of sp³-hybridized carbons (Fsp3) is 0.933. The smallest absolute Gasteiger partial charge is 0.127 e. The molecule has 100 valence electrons. The van der Waals surface area contributed by atoms with Gasteiger partial charge in [0.15, 0.2) is 0 Å². The van der Waals surface area contributed by atoms with Crippen LogP contribution >= 0.6 is 0 Å². The molecule has 17 heavy (non-hydrogen) atoms. The van der Waals surface area contributed by atoms with E-state index in [0.29, 0.717) is 6.04 Å². The molecule has 0 saturated heterocycles. The van der Waals surface area contributed by atoms with E-state index in [4.69, 9.17) is 0 Å². The molecule has 2 heteroatoms. The third-order valence-electron chi connectivity index (χ3n) is 4.25. The summed E-state index contributed by atoms with van der Waals surface area (Å²) in [7, 11) is 2.19. The predicted molar refractivity (Wildman–Crippen MR) is 73.1 cm³/mol. The van der Waals surface area contributed by atoms with Gasteiger partial charge in [0.05, 0.1) is 0 Å². The Morgan fingerprint density at radius 2 is 2.12 bits per heavy atom. The van der Waals surface area contributed by atoms with Gasteiger partial charge in [0, 0.05) is 18.0 Å². The minimum Gasteiger partial charge on any atom is -0.303 e. The molecule has 2 nitrogen and oxygen atoms in total. The molecule has 1 saturated carbocycles. The second-order valence-corrected chi connectivity index (χ2v) is 6.36. The van der Waals surface area contributed by atoms with Gasteiger partial charge in [-0.2, -0.15) is 0 Å². The molecule has 0 aromatic heterocycles. The fourth-order valence-electron chi connectivity index (χ4n) is 3.25. The van der Waals surface area contributed by atoms with Gasteiger partial charge in [0.2, 0.25) is 0 Å². The molecule has 0 aromatic carbocycles. The summed E-state index contributed by atoms with van der Waals surface area (Å²) in [5.74, 6) is 0.852. The van der Waals surface area contributed by atoms with Crippen LogP contribution in [0, 0.1) is 11.3 Å². The molecule has 0 radical (unpaired) electrons. The number of nitrogens with zero attached hydrogens (tertiary/aromatic N) is 1. The lowest BCUT2D eigenvalue weighted by Gasteiger charge is -2.38. The Hall–Kier alpha value is -0.370. The normalized spacial score (nSPS) is 29.0. The van der Waals surface area contributed by atoms with E-state index in [0.717, 1.165) is 25.3 Å². The zero-order chi connectivity index (χ0) is 12.9. The Balaban J connectivity index is 2.51. The van der Waals surface area contributed by atoms with Crippen molar-refractivity contribution < 1.29 is 4.79 Å². The van der Waals surface area contributed by atoms with Crippen molar-refractivity contribution >= 4 is 6.29 Å². The highest BCUT2D eigenvalue weighted by atomic mass is 16.1. The maximum atomic E-state index is 11.3. The van der Waals surface area contributed by atoms with E-state index >= 15 is 0 Å². The first-order chi connectivity index (χ1) is 8.00.